The first kappa shape index (κ1) is 22.4. The summed E-state index contributed by atoms with van der Waals surface area (Å²) in [4.78, 5) is 32.7. The van der Waals surface area contributed by atoms with E-state index in [9.17, 15) is 18.4 Å². The molecule has 0 unspecified atom stereocenters. The van der Waals surface area contributed by atoms with Gasteiger partial charge in [-0.2, -0.15) is 8.78 Å². The Morgan fingerprint density at radius 3 is 2.66 bits per heavy atom. The van der Waals surface area contributed by atoms with Gasteiger partial charge in [-0.1, -0.05) is 18.2 Å². The Bertz CT molecular complexity index is 1370. The maximum Gasteiger partial charge on any atom is 0.409 e. The Hall–Kier alpha value is -4.35. The number of halogens is 2. The monoisotopic (exact) mass is 482 g/mol. The number of ether oxygens (including phenoxy) is 1. The molecule has 1 aliphatic heterocycles. The zero-order valence-corrected chi connectivity index (χ0v) is 18.5. The van der Waals surface area contributed by atoms with Crippen molar-refractivity contribution in [1.82, 2.24) is 24.5 Å². The van der Waals surface area contributed by atoms with Crippen LogP contribution in [-0.2, 0) is 16.1 Å². The predicted molar refractivity (Wildman–Crippen MR) is 119 cm³/mol. The van der Waals surface area contributed by atoms with Crippen molar-refractivity contribution >= 4 is 23.3 Å². The number of pyridine rings is 1. The van der Waals surface area contributed by atoms with Gasteiger partial charge >= 0.3 is 12.5 Å². The van der Waals surface area contributed by atoms with E-state index in [0.29, 0.717) is 22.6 Å². The number of aromatic nitrogens is 4. The number of para-hydroxylation sites is 1. The summed E-state index contributed by atoms with van der Waals surface area (Å²) in [5, 5.41) is 7.02. The highest BCUT2D eigenvalue weighted by atomic mass is 19.3. The van der Waals surface area contributed by atoms with Crippen molar-refractivity contribution in [2.75, 3.05) is 25.1 Å². The van der Waals surface area contributed by atoms with Crippen LogP contribution in [0.2, 0.25) is 0 Å². The molecule has 0 atom stereocenters. The van der Waals surface area contributed by atoms with Gasteiger partial charge in [0.05, 0.1) is 25.3 Å². The van der Waals surface area contributed by atoms with Crippen LogP contribution in [-0.4, -0.2) is 56.7 Å². The molecule has 0 N–H and O–H groups in total. The van der Waals surface area contributed by atoms with Crippen molar-refractivity contribution in [1.29, 1.82) is 0 Å². The number of methoxy groups -OCH3 is 1. The number of imidazole rings is 1. The van der Waals surface area contributed by atoms with E-state index < -0.39 is 18.4 Å². The number of carbonyl (C=O) groups is 2. The molecule has 1 saturated heterocycles. The number of anilines is 1. The highest BCUT2D eigenvalue weighted by molar-refractivity contribution is 5.96. The van der Waals surface area contributed by atoms with E-state index in [1.807, 2.05) is 30.3 Å². The average Bonchev–Trinajstić information content (AvgIpc) is 3.48. The van der Waals surface area contributed by atoms with Crippen LogP contribution in [0.1, 0.15) is 18.0 Å². The first-order valence-electron chi connectivity index (χ1n) is 10.7. The summed E-state index contributed by atoms with van der Waals surface area (Å²) < 4.78 is 37.0. The molecule has 3 aromatic heterocycles. The Labute approximate surface area is 197 Å². The molecule has 0 spiro atoms. The Balaban J connectivity index is 1.39. The average molecular weight is 482 g/mol. The lowest BCUT2D eigenvalue weighted by Crippen LogP contribution is -2.56. The molecule has 35 heavy (non-hydrogen) atoms. The highest BCUT2D eigenvalue weighted by Gasteiger charge is 2.39. The molecule has 12 heteroatoms. The number of amides is 2. The van der Waals surface area contributed by atoms with Crippen LogP contribution in [0.15, 0.2) is 59.3 Å². The number of fused-ring (bicyclic) bond motifs is 1. The summed E-state index contributed by atoms with van der Waals surface area (Å²) in [6, 6.07) is 12.5. The molecule has 0 bridgehead atoms. The van der Waals surface area contributed by atoms with Gasteiger partial charge in [-0.3, -0.25) is 4.79 Å². The summed E-state index contributed by atoms with van der Waals surface area (Å²) in [7, 11) is 1.30. The molecule has 1 aromatic carbocycles. The fourth-order valence-electron chi connectivity index (χ4n) is 3.88. The second kappa shape index (κ2) is 9.12. The van der Waals surface area contributed by atoms with Gasteiger partial charge in [0.1, 0.15) is 5.65 Å². The molecule has 0 radical (unpaired) electrons. The minimum atomic E-state index is -2.85. The summed E-state index contributed by atoms with van der Waals surface area (Å²) in [6.45, 7) is 0.771. The molecule has 4 aromatic rings. The van der Waals surface area contributed by atoms with Crippen LogP contribution >= 0.6 is 0 Å². The Kier molecular flexibility index (Phi) is 5.85. The molecule has 5 rings (SSSR count). The van der Waals surface area contributed by atoms with Gasteiger partial charge in [-0.15, -0.1) is 10.2 Å². The summed E-state index contributed by atoms with van der Waals surface area (Å²) in [6.07, 6.45) is 0.165. The standard InChI is InChI=1S/C23H20F2N6O4/c1-34-23(33)30-10-15(11-30)22(32)31(17-5-3-2-4-6-17)13-16-12-29-8-7-14(9-18(29)26-16)20-27-28-21(35-20)19(24)25/h2-9,12,15,19H,10-11,13H2,1H3. The molecule has 0 aliphatic carbocycles. The van der Waals surface area contributed by atoms with Gasteiger partial charge in [0, 0.05) is 36.7 Å². The molecule has 2 amide bonds. The lowest BCUT2D eigenvalue weighted by Gasteiger charge is -2.39. The summed E-state index contributed by atoms with van der Waals surface area (Å²) in [5.74, 6) is -1.25. The molecule has 0 saturated carbocycles. The van der Waals surface area contributed by atoms with Crippen LogP contribution < -0.4 is 4.90 Å². The summed E-state index contributed by atoms with van der Waals surface area (Å²) >= 11 is 0. The van der Waals surface area contributed by atoms with E-state index in [1.54, 1.807) is 33.8 Å². The minimum Gasteiger partial charge on any atom is -0.453 e. The maximum absolute atomic E-state index is 13.3. The van der Waals surface area contributed by atoms with E-state index in [4.69, 9.17) is 9.15 Å². The van der Waals surface area contributed by atoms with Gasteiger partial charge < -0.3 is 23.4 Å². The minimum absolute atomic E-state index is 0.0337. The molecule has 1 aliphatic rings. The van der Waals surface area contributed by atoms with Crippen LogP contribution in [0.25, 0.3) is 17.1 Å². The molecular formula is C23H20F2N6O4. The number of hydrogen-bond acceptors (Lipinski definition) is 7. The number of alkyl halides is 2. The van der Waals surface area contributed by atoms with E-state index >= 15 is 0 Å². The van der Waals surface area contributed by atoms with Gasteiger partial charge in [0.2, 0.25) is 11.8 Å². The smallest absolute Gasteiger partial charge is 0.409 e. The zero-order chi connectivity index (χ0) is 24.5. The normalized spacial score (nSPS) is 13.8. The first-order valence-corrected chi connectivity index (χ1v) is 10.7. The number of carbonyl (C=O) groups excluding carboxylic acids is 2. The van der Waals surface area contributed by atoms with Crippen molar-refractivity contribution < 1.29 is 27.5 Å². The number of hydrogen-bond donors (Lipinski definition) is 0. The molecule has 10 nitrogen and oxygen atoms in total. The van der Waals surface area contributed by atoms with Crippen molar-refractivity contribution in [2.45, 2.75) is 13.0 Å². The fraction of sp³-hybridized carbons (Fsp3) is 0.261. The molecule has 4 heterocycles. The summed E-state index contributed by atoms with van der Waals surface area (Å²) in [5.41, 5.74) is 2.29. The van der Waals surface area contributed by atoms with Gasteiger partial charge in [0.25, 0.3) is 5.89 Å². The molecule has 1 fully saturated rings. The molecular weight excluding hydrogens is 462 g/mol. The third kappa shape index (κ3) is 4.42. The van der Waals surface area contributed by atoms with Crippen LogP contribution in [0.4, 0.5) is 19.3 Å². The van der Waals surface area contributed by atoms with E-state index in [0.717, 1.165) is 0 Å². The van der Waals surface area contributed by atoms with E-state index in [-0.39, 0.29) is 37.4 Å². The first-order chi connectivity index (χ1) is 16.9. The van der Waals surface area contributed by atoms with Gasteiger partial charge in [-0.05, 0) is 24.3 Å². The fourth-order valence-corrected chi connectivity index (χ4v) is 3.88. The molecule has 180 valence electrons. The highest BCUT2D eigenvalue weighted by Crippen LogP contribution is 2.26. The second-order valence-corrected chi connectivity index (χ2v) is 7.99. The predicted octanol–water partition coefficient (Wildman–Crippen LogP) is 3.55. The second-order valence-electron chi connectivity index (χ2n) is 7.99. The topological polar surface area (TPSA) is 106 Å². The largest absolute Gasteiger partial charge is 0.453 e. The quantitative estimate of drug-likeness (QED) is 0.414. The van der Waals surface area contributed by atoms with Crippen LogP contribution in [0.5, 0.6) is 0 Å². The van der Waals surface area contributed by atoms with E-state index in [2.05, 4.69) is 15.2 Å². The number of benzene rings is 1. The number of likely N-dealkylation sites (tertiary alicyclic amines) is 1. The van der Waals surface area contributed by atoms with Gasteiger partial charge in [-0.25, -0.2) is 9.78 Å². The van der Waals surface area contributed by atoms with E-state index in [1.165, 1.54) is 12.0 Å². The van der Waals surface area contributed by atoms with Gasteiger partial charge in [0.15, 0.2) is 0 Å². The number of rotatable bonds is 6. The lowest BCUT2D eigenvalue weighted by atomic mass is 9.98. The zero-order valence-electron chi connectivity index (χ0n) is 18.5. The van der Waals surface area contributed by atoms with Crippen molar-refractivity contribution in [2.24, 2.45) is 5.92 Å². The third-order valence-corrected chi connectivity index (χ3v) is 5.70. The number of nitrogens with zero attached hydrogens (tertiary/aromatic N) is 6. The Morgan fingerprint density at radius 1 is 1.20 bits per heavy atom. The lowest BCUT2D eigenvalue weighted by molar-refractivity contribution is -0.126. The van der Waals surface area contributed by atoms with Crippen LogP contribution in [0, 0.1) is 5.92 Å². The Morgan fingerprint density at radius 2 is 1.97 bits per heavy atom. The SMILES string of the molecule is COC(=O)N1CC(C(=O)N(Cc2cn3ccc(-c4nnc(C(F)F)o4)cc3n2)c2ccccc2)C1. The maximum atomic E-state index is 13.3. The third-order valence-electron chi connectivity index (χ3n) is 5.70. The van der Waals surface area contributed by atoms with Crippen LogP contribution in [0.3, 0.4) is 0 Å². The van der Waals surface area contributed by atoms with Crippen molar-refractivity contribution in [3.63, 3.8) is 0 Å². The van der Waals surface area contributed by atoms with Crippen molar-refractivity contribution in [3.05, 3.63) is 66.4 Å². The van der Waals surface area contributed by atoms with Crippen molar-refractivity contribution in [3.8, 4) is 11.5 Å².